The number of nitro benzene ring substituents is 1. The highest BCUT2D eigenvalue weighted by Gasteiger charge is 2.23. The van der Waals surface area contributed by atoms with Crippen LogP contribution >= 0.6 is 11.6 Å². The summed E-state index contributed by atoms with van der Waals surface area (Å²) in [6.45, 7) is -0.00256. The second-order valence-electron chi connectivity index (χ2n) is 5.12. The van der Waals surface area contributed by atoms with E-state index in [9.17, 15) is 14.9 Å². The van der Waals surface area contributed by atoms with Crippen molar-refractivity contribution in [2.75, 3.05) is 13.7 Å². The van der Waals surface area contributed by atoms with Gasteiger partial charge in [0.25, 0.3) is 0 Å². The Morgan fingerprint density at radius 3 is 2.80 bits per heavy atom. The van der Waals surface area contributed by atoms with Crippen molar-refractivity contribution in [2.24, 2.45) is 0 Å². The predicted octanol–water partition coefficient (Wildman–Crippen LogP) is 3.64. The van der Waals surface area contributed by atoms with Crippen molar-refractivity contribution in [1.29, 1.82) is 0 Å². The number of hydrogen-bond donors (Lipinski definition) is 0. The van der Waals surface area contributed by atoms with Gasteiger partial charge in [-0.2, -0.15) is 0 Å². The lowest BCUT2D eigenvalue weighted by molar-refractivity contribution is -0.385. The molecule has 0 spiro atoms. The summed E-state index contributed by atoms with van der Waals surface area (Å²) in [6, 6.07) is 8.99. The molecule has 128 valence electrons. The molecule has 0 fully saturated rings. The van der Waals surface area contributed by atoms with Gasteiger partial charge < -0.3 is 14.2 Å². The van der Waals surface area contributed by atoms with Crippen LogP contribution in [0.15, 0.2) is 42.0 Å². The zero-order chi connectivity index (χ0) is 18.0. The molecule has 0 bridgehead atoms. The lowest BCUT2D eigenvalue weighted by atomic mass is 10.1. The van der Waals surface area contributed by atoms with Crippen molar-refractivity contribution in [3.8, 4) is 17.2 Å². The van der Waals surface area contributed by atoms with E-state index >= 15 is 0 Å². The minimum atomic E-state index is -0.737. The molecule has 0 atom stereocenters. The quantitative estimate of drug-likeness (QED) is 0.357. The minimum Gasteiger partial charge on any atom is -0.496 e. The normalized spacial score (nSPS) is 12.5. The molecule has 0 aliphatic carbocycles. The van der Waals surface area contributed by atoms with Crippen LogP contribution in [0.2, 0.25) is 5.02 Å². The highest BCUT2D eigenvalue weighted by atomic mass is 35.5. The van der Waals surface area contributed by atoms with Gasteiger partial charge in [0, 0.05) is 10.6 Å². The molecular weight excluding hydrogens is 350 g/mol. The molecule has 0 radical (unpaired) electrons. The van der Waals surface area contributed by atoms with Crippen LogP contribution in [0.4, 0.5) is 5.69 Å². The van der Waals surface area contributed by atoms with Crippen molar-refractivity contribution in [3.63, 3.8) is 0 Å². The molecule has 0 saturated carbocycles. The summed E-state index contributed by atoms with van der Waals surface area (Å²) in [4.78, 5) is 22.8. The molecule has 1 aliphatic rings. The Morgan fingerprint density at radius 2 is 2.08 bits per heavy atom. The van der Waals surface area contributed by atoms with Crippen molar-refractivity contribution in [2.45, 2.75) is 0 Å². The average molecular weight is 362 g/mol. The number of carbonyl (C=O) groups is 1. The second-order valence-corrected chi connectivity index (χ2v) is 5.56. The first-order valence-corrected chi connectivity index (χ1v) is 7.53. The van der Waals surface area contributed by atoms with Crippen molar-refractivity contribution < 1.29 is 23.9 Å². The van der Waals surface area contributed by atoms with E-state index in [4.69, 9.17) is 25.8 Å². The molecule has 1 heterocycles. The Hall–Kier alpha value is -3.06. The molecule has 3 rings (SSSR count). The largest absolute Gasteiger partial charge is 0.496 e. The molecule has 0 unspecified atom stereocenters. The summed E-state index contributed by atoms with van der Waals surface area (Å²) in [5, 5.41) is 11.7. The van der Waals surface area contributed by atoms with Gasteiger partial charge in [0.2, 0.25) is 5.75 Å². The smallest absolute Gasteiger partial charge is 0.343 e. The lowest BCUT2D eigenvalue weighted by Crippen LogP contribution is -2.19. The first kappa shape index (κ1) is 16.8. The highest BCUT2D eigenvalue weighted by Crippen LogP contribution is 2.33. The third-order valence-electron chi connectivity index (χ3n) is 3.51. The summed E-state index contributed by atoms with van der Waals surface area (Å²) >= 11 is 5.93. The molecular formula is C17H12ClNO6. The number of nitro groups is 1. The number of halogens is 1. The zero-order valence-corrected chi connectivity index (χ0v) is 13.8. The number of hydrogen-bond acceptors (Lipinski definition) is 6. The first-order chi connectivity index (χ1) is 12.0. The summed E-state index contributed by atoms with van der Waals surface area (Å²) in [6.07, 6.45) is 1.59. The van der Waals surface area contributed by atoms with Crippen LogP contribution in [0.5, 0.6) is 17.2 Å². The van der Waals surface area contributed by atoms with E-state index in [-0.39, 0.29) is 29.4 Å². The van der Waals surface area contributed by atoms with Gasteiger partial charge in [-0.25, -0.2) is 4.79 Å². The summed E-state index contributed by atoms with van der Waals surface area (Å²) in [7, 11) is 1.39. The molecule has 0 saturated heterocycles. The zero-order valence-electron chi connectivity index (χ0n) is 13.0. The Morgan fingerprint density at radius 1 is 1.28 bits per heavy atom. The number of ether oxygens (including phenoxy) is 3. The van der Waals surface area contributed by atoms with E-state index in [0.29, 0.717) is 16.3 Å². The number of fused-ring (bicyclic) bond motifs is 1. The van der Waals surface area contributed by atoms with Crippen molar-refractivity contribution >= 4 is 29.3 Å². The molecule has 2 aromatic carbocycles. The average Bonchev–Trinajstić information content (AvgIpc) is 2.61. The second kappa shape index (κ2) is 6.82. The minimum absolute atomic E-state index is 0.00256. The Bertz CT molecular complexity index is 893. The van der Waals surface area contributed by atoms with Crippen molar-refractivity contribution in [3.05, 3.63) is 62.7 Å². The number of rotatable bonds is 4. The van der Waals surface area contributed by atoms with Crippen LogP contribution in [-0.2, 0) is 4.79 Å². The van der Waals surface area contributed by atoms with E-state index in [1.165, 1.54) is 25.3 Å². The molecule has 0 aromatic heterocycles. The van der Waals surface area contributed by atoms with E-state index in [1.54, 1.807) is 24.3 Å². The predicted molar refractivity (Wildman–Crippen MR) is 90.2 cm³/mol. The number of benzene rings is 2. The number of nitrogens with zero attached hydrogens (tertiary/aromatic N) is 1. The van der Waals surface area contributed by atoms with E-state index < -0.39 is 10.9 Å². The lowest BCUT2D eigenvalue weighted by Gasteiger charge is -2.17. The number of carbonyl (C=O) groups excluding carboxylic acids is 1. The van der Waals surface area contributed by atoms with Crippen LogP contribution in [0, 0.1) is 10.1 Å². The molecule has 1 aliphatic heterocycles. The van der Waals surface area contributed by atoms with Crippen LogP contribution in [0.1, 0.15) is 5.56 Å². The van der Waals surface area contributed by atoms with Gasteiger partial charge in [0.15, 0.2) is 0 Å². The first-order valence-electron chi connectivity index (χ1n) is 7.15. The Balaban J connectivity index is 1.87. The topological polar surface area (TPSA) is 87.9 Å². The monoisotopic (exact) mass is 361 g/mol. The Labute approximate surface area is 147 Å². The van der Waals surface area contributed by atoms with Crippen LogP contribution in [0.3, 0.4) is 0 Å². The maximum atomic E-state index is 12.3. The fraction of sp³-hybridized carbons (Fsp3) is 0.118. The molecule has 2 aromatic rings. The third-order valence-corrected chi connectivity index (χ3v) is 3.75. The van der Waals surface area contributed by atoms with Gasteiger partial charge in [0.1, 0.15) is 18.1 Å². The third kappa shape index (κ3) is 3.56. The molecule has 0 N–H and O–H groups in total. The van der Waals surface area contributed by atoms with Crippen molar-refractivity contribution in [1.82, 2.24) is 0 Å². The fourth-order valence-electron chi connectivity index (χ4n) is 2.28. The fourth-order valence-corrected chi connectivity index (χ4v) is 2.47. The van der Waals surface area contributed by atoms with Gasteiger partial charge in [-0.3, -0.25) is 10.1 Å². The van der Waals surface area contributed by atoms with Gasteiger partial charge in [-0.15, -0.1) is 0 Å². The van der Waals surface area contributed by atoms with E-state index in [1.807, 2.05) is 0 Å². The van der Waals surface area contributed by atoms with Gasteiger partial charge in [-0.05, 0) is 36.4 Å². The van der Waals surface area contributed by atoms with Crippen LogP contribution < -0.4 is 14.2 Å². The summed E-state index contributed by atoms with van der Waals surface area (Å²) in [5.41, 5.74) is 0.489. The highest BCUT2D eigenvalue weighted by molar-refractivity contribution is 6.30. The maximum absolute atomic E-state index is 12.3. The van der Waals surface area contributed by atoms with Gasteiger partial charge in [-0.1, -0.05) is 11.6 Å². The molecule has 25 heavy (non-hydrogen) atoms. The SMILES string of the molecule is COc1ccc(OC(=O)C2=Cc3cc(Cl)ccc3OC2)c([N+](=O)[O-])c1. The summed E-state index contributed by atoms with van der Waals surface area (Å²) < 4.78 is 15.6. The van der Waals surface area contributed by atoms with E-state index in [0.717, 1.165) is 0 Å². The van der Waals surface area contributed by atoms with E-state index in [2.05, 4.69) is 0 Å². The number of methoxy groups -OCH3 is 1. The van der Waals surface area contributed by atoms with Crippen LogP contribution in [0.25, 0.3) is 6.08 Å². The van der Waals surface area contributed by atoms with Crippen LogP contribution in [-0.4, -0.2) is 24.6 Å². The maximum Gasteiger partial charge on any atom is 0.343 e. The number of esters is 1. The molecule has 7 nitrogen and oxygen atoms in total. The van der Waals surface area contributed by atoms with Gasteiger partial charge in [0.05, 0.1) is 23.7 Å². The standard InChI is InChI=1S/C17H12ClNO6/c1-23-13-3-5-16(14(8-13)19(21)22)25-17(20)11-6-10-7-12(18)2-4-15(10)24-9-11/h2-8H,9H2,1H3. The molecule has 8 heteroatoms. The van der Waals surface area contributed by atoms with Gasteiger partial charge >= 0.3 is 11.7 Å². The molecule has 0 amide bonds. The summed E-state index contributed by atoms with van der Waals surface area (Å²) in [5.74, 6) is -0.0286. The Kier molecular flexibility index (Phi) is 4.58.